The molecule has 0 heterocycles. The Balaban J connectivity index is 3.14. The molecular formula is C12H20N2O4S. The van der Waals surface area contributed by atoms with E-state index in [-0.39, 0.29) is 23.7 Å². The van der Waals surface area contributed by atoms with Crippen LogP contribution in [0.3, 0.4) is 0 Å². The molecule has 0 aliphatic carbocycles. The first-order valence-electron chi connectivity index (χ1n) is 6.01. The normalized spacial score (nSPS) is 11.8. The van der Waals surface area contributed by atoms with E-state index in [1.165, 1.54) is 29.6 Å². The van der Waals surface area contributed by atoms with Gasteiger partial charge >= 0.3 is 0 Å². The largest absolute Gasteiger partial charge is 0.495 e. The summed E-state index contributed by atoms with van der Waals surface area (Å²) in [6.45, 7) is 2.09. The van der Waals surface area contributed by atoms with Gasteiger partial charge in [0.2, 0.25) is 10.0 Å². The molecule has 0 aliphatic heterocycles. The third-order valence-corrected chi connectivity index (χ3v) is 4.56. The molecule has 0 aliphatic rings. The number of anilines is 1. The maximum Gasteiger partial charge on any atom is 0.243 e. The van der Waals surface area contributed by atoms with Crippen LogP contribution in [0, 0.1) is 0 Å². The maximum absolute atomic E-state index is 12.4. The number of hydrogen-bond acceptors (Lipinski definition) is 5. The second-order valence-corrected chi connectivity index (χ2v) is 5.97. The Morgan fingerprint density at radius 3 is 2.53 bits per heavy atom. The fourth-order valence-electron chi connectivity index (χ4n) is 1.74. The molecule has 0 saturated carbocycles. The molecule has 108 valence electrons. The van der Waals surface area contributed by atoms with Crippen LogP contribution < -0.4 is 10.5 Å². The minimum absolute atomic E-state index is 0.0715. The van der Waals surface area contributed by atoms with Crippen LogP contribution in [-0.2, 0) is 10.0 Å². The van der Waals surface area contributed by atoms with Crippen molar-refractivity contribution in [3.8, 4) is 5.75 Å². The number of benzene rings is 1. The van der Waals surface area contributed by atoms with E-state index in [4.69, 9.17) is 15.6 Å². The van der Waals surface area contributed by atoms with Gasteiger partial charge in [-0.25, -0.2) is 8.42 Å². The van der Waals surface area contributed by atoms with E-state index in [1.807, 2.05) is 6.92 Å². The molecule has 0 aromatic heterocycles. The maximum atomic E-state index is 12.4. The van der Waals surface area contributed by atoms with Crippen LogP contribution in [0.4, 0.5) is 5.69 Å². The summed E-state index contributed by atoms with van der Waals surface area (Å²) < 4.78 is 31.0. The zero-order valence-electron chi connectivity index (χ0n) is 11.2. The molecule has 19 heavy (non-hydrogen) atoms. The fourth-order valence-corrected chi connectivity index (χ4v) is 3.29. The molecule has 0 fully saturated rings. The lowest BCUT2D eigenvalue weighted by Crippen LogP contribution is -2.34. The van der Waals surface area contributed by atoms with Crippen molar-refractivity contribution in [1.29, 1.82) is 0 Å². The van der Waals surface area contributed by atoms with Crippen molar-refractivity contribution in [2.45, 2.75) is 18.2 Å². The molecule has 1 rings (SSSR count). The van der Waals surface area contributed by atoms with E-state index in [0.29, 0.717) is 18.7 Å². The van der Waals surface area contributed by atoms with E-state index >= 15 is 0 Å². The molecule has 0 saturated heterocycles. The van der Waals surface area contributed by atoms with Gasteiger partial charge in [0.05, 0.1) is 24.3 Å². The monoisotopic (exact) mass is 288 g/mol. The number of methoxy groups -OCH3 is 1. The molecule has 6 nitrogen and oxygen atoms in total. The van der Waals surface area contributed by atoms with Gasteiger partial charge in [0, 0.05) is 13.1 Å². The van der Waals surface area contributed by atoms with Crippen molar-refractivity contribution in [3.05, 3.63) is 18.2 Å². The van der Waals surface area contributed by atoms with Crippen LogP contribution in [0.1, 0.15) is 13.3 Å². The van der Waals surface area contributed by atoms with Crippen molar-refractivity contribution in [1.82, 2.24) is 4.31 Å². The Morgan fingerprint density at radius 2 is 2.05 bits per heavy atom. The second-order valence-electron chi connectivity index (χ2n) is 4.03. The average Bonchev–Trinajstić information content (AvgIpc) is 2.38. The van der Waals surface area contributed by atoms with Crippen LogP contribution in [-0.4, -0.2) is 44.6 Å². The first-order valence-corrected chi connectivity index (χ1v) is 7.45. The van der Waals surface area contributed by atoms with E-state index in [2.05, 4.69) is 0 Å². The first-order chi connectivity index (χ1) is 8.97. The lowest BCUT2D eigenvalue weighted by Gasteiger charge is -2.21. The summed E-state index contributed by atoms with van der Waals surface area (Å²) in [4.78, 5) is 0.104. The van der Waals surface area contributed by atoms with Gasteiger partial charge in [-0.05, 0) is 24.6 Å². The van der Waals surface area contributed by atoms with Crippen molar-refractivity contribution in [2.75, 3.05) is 32.5 Å². The number of hydrogen-bond donors (Lipinski definition) is 2. The predicted molar refractivity (Wildman–Crippen MR) is 73.5 cm³/mol. The average molecular weight is 288 g/mol. The first kappa shape index (κ1) is 15.7. The van der Waals surface area contributed by atoms with Gasteiger partial charge in [-0.15, -0.1) is 0 Å². The number of aliphatic hydroxyl groups excluding tert-OH is 1. The van der Waals surface area contributed by atoms with Gasteiger partial charge in [0.15, 0.2) is 0 Å². The number of nitrogens with two attached hydrogens (primary N) is 1. The Bertz CT molecular complexity index is 510. The zero-order valence-corrected chi connectivity index (χ0v) is 12.0. The Hall–Kier alpha value is -1.31. The summed E-state index contributed by atoms with van der Waals surface area (Å²) >= 11 is 0. The van der Waals surface area contributed by atoms with Gasteiger partial charge in [-0.3, -0.25) is 0 Å². The van der Waals surface area contributed by atoms with Crippen molar-refractivity contribution < 1.29 is 18.3 Å². The zero-order chi connectivity index (χ0) is 14.5. The highest BCUT2D eigenvalue weighted by Gasteiger charge is 2.23. The highest BCUT2D eigenvalue weighted by Crippen LogP contribution is 2.26. The Morgan fingerprint density at radius 1 is 1.37 bits per heavy atom. The minimum atomic E-state index is -3.64. The molecule has 0 radical (unpaired) electrons. The molecular weight excluding hydrogens is 268 g/mol. The van der Waals surface area contributed by atoms with Gasteiger partial charge in [-0.1, -0.05) is 6.92 Å². The van der Waals surface area contributed by atoms with E-state index in [1.54, 1.807) is 0 Å². The van der Waals surface area contributed by atoms with Crippen LogP contribution in [0.2, 0.25) is 0 Å². The van der Waals surface area contributed by atoms with Crippen LogP contribution in [0.25, 0.3) is 0 Å². The standard InChI is InChI=1S/C12H20N2O4S/c1-3-6-14(7-8-15)19(16,17)10-4-5-12(18-2)11(13)9-10/h4-5,9,15H,3,6-8,13H2,1-2H3. The third kappa shape index (κ3) is 3.59. The number of rotatable bonds is 7. The van der Waals surface area contributed by atoms with E-state index < -0.39 is 10.0 Å². The topological polar surface area (TPSA) is 92.9 Å². The summed E-state index contributed by atoms with van der Waals surface area (Å²) in [7, 11) is -2.17. The number of nitrogen functional groups attached to an aromatic ring is 1. The van der Waals surface area contributed by atoms with Crippen LogP contribution >= 0.6 is 0 Å². The molecule has 1 aromatic carbocycles. The Labute approximate surface area is 113 Å². The summed E-state index contributed by atoms with van der Waals surface area (Å²) in [5.41, 5.74) is 5.99. The van der Waals surface area contributed by atoms with Crippen molar-refractivity contribution in [2.24, 2.45) is 0 Å². The molecule has 3 N–H and O–H groups in total. The van der Waals surface area contributed by atoms with E-state index in [0.717, 1.165) is 0 Å². The van der Waals surface area contributed by atoms with Gasteiger partial charge in [-0.2, -0.15) is 4.31 Å². The van der Waals surface area contributed by atoms with Crippen LogP contribution in [0.5, 0.6) is 5.75 Å². The number of aliphatic hydroxyl groups is 1. The second kappa shape index (κ2) is 6.74. The highest BCUT2D eigenvalue weighted by molar-refractivity contribution is 7.89. The van der Waals surface area contributed by atoms with Crippen LogP contribution in [0.15, 0.2) is 23.1 Å². The fraction of sp³-hybridized carbons (Fsp3) is 0.500. The summed E-state index contributed by atoms with van der Waals surface area (Å²) in [5.74, 6) is 0.433. The third-order valence-electron chi connectivity index (χ3n) is 2.66. The summed E-state index contributed by atoms with van der Waals surface area (Å²) in [6.07, 6.45) is 0.671. The minimum Gasteiger partial charge on any atom is -0.495 e. The SMILES string of the molecule is CCCN(CCO)S(=O)(=O)c1ccc(OC)c(N)c1. The summed E-state index contributed by atoms with van der Waals surface area (Å²) in [6, 6.07) is 4.34. The van der Waals surface area contributed by atoms with Gasteiger partial charge in [0.1, 0.15) is 5.75 Å². The summed E-state index contributed by atoms with van der Waals surface area (Å²) in [5, 5.41) is 8.96. The molecule has 7 heteroatoms. The highest BCUT2D eigenvalue weighted by atomic mass is 32.2. The molecule has 0 atom stereocenters. The lowest BCUT2D eigenvalue weighted by atomic mass is 10.3. The number of nitrogens with zero attached hydrogens (tertiary/aromatic N) is 1. The lowest BCUT2D eigenvalue weighted by molar-refractivity contribution is 0.253. The number of sulfonamides is 1. The molecule has 0 bridgehead atoms. The van der Waals surface area contributed by atoms with E-state index in [9.17, 15) is 8.42 Å². The molecule has 0 unspecified atom stereocenters. The molecule has 0 spiro atoms. The van der Waals surface area contributed by atoms with Gasteiger partial charge in [0.25, 0.3) is 0 Å². The molecule has 1 aromatic rings. The van der Waals surface area contributed by atoms with Crippen molar-refractivity contribution >= 4 is 15.7 Å². The molecule has 0 amide bonds. The van der Waals surface area contributed by atoms with Crippen molar-refractivity contribution in [3.63, 3.8) is 0 Å². The Kier molecular flexibility index (Phi) is 5.59. The quantitative estimate of drug-likeness (QED) is 0.719. The predicted octanol–water partition coefficient (Wildman–Crippen LogP) is 0.670. The van der Waals surface area contributed by atoms with Gasteiger partial charge < -0.3 is 15.6 Å². The number of ether oxygens (including phenoxy) is 1. The smallest absolute Gasteiger partial charge is 0.243 e.